The maximum atomic E-state index is 12.2. The fraction of sp³-hybridized carbons (Fsp3) is 0.333. The van der Waals surface area contributed by atoms with E-state index >= 15 is 0 Å². The number of hydrogen-bond acceptors (Lipinski definition) is 4. The van der Waals surface area contributed by atoms with E-state index in [0.717, 1.165) is 19.3 Å². The molecular formula is C18H21Cl2N3O3. The van der Waals surface area contributed by atoms with Gasteiger partial charge >= 0.3 is 0 Å². The van der Waals surface area contributed by atoms with Crippen molar-refractivity contribution in [1.82, 2.24) is 0 Å². The van der Waals surface area contributed by atoms with E-state index in [9.17, 15) is 9.59 Å². The Labute approximate surface area is 162 Å². The van der Waals surface area contributed by atoms with Crippen LogP contribution in [0.1, 0.15) is 36.2 Å². The summed E-state index contributed by atoms with van der Waals surface area (Å²) >= 11 is 6.20. The number of amides is 2. The number of carbonyl (C=O) groups is 2. The van der Waals surface area contributed by atoms with Crippen molar-refractivity contribution in [3.05, 3.63) is 47.4 Å². The van der Waals surface area contributed by atoms with Gasteiger partial charge in [-0.15, -0.1) is 12.4 Å². The summed E-state index contributed by atoms with van der Waals surface area (Å²) in [5.41, 5.74) is 7.03. The second-order valence-electron chi connectivity index (χ2n) is 6.23. The van der Waals surface area contributed by atoms with Crippen LogP contribution in [-0.2, 0) is 4.79 Å². The van der Waals surface area contributed by atoms with Crippen LogP contribution in [0.3, 0.4) is 0 Å². The Morgan fingerprint density at radius 3 is 2.65 bits per heavy atom. The highest BCUT2D eigenvalue weighted by Crippen LogP contribution is 2.29. The lowest BCUT2D eigenvalue weighted by molar-refractivity contribution is -0.117. The Kier molecular flexibility index (Phi) is 7.08. The number of nitrogens with two attached hydrogens (primary N) is 1. The SMILES string of the molecule is Cl.N[C@@H]1CCC[C@H]1CC(=O)Nc1ccc(NC(=O)c2ccco2)c(Cl)c1. The molecule has 6 nitrogen and oxygen atoms in total. The molecule has 4 N–H and O–H groups in total. The molecule has 0 aliphatic heterocycles. The number of halogens is 2. The van der Waals surface area contributed by atoms with Gasteiger partial charge in [-0.05, 0) is 49.1 Å². The summed E-state index contributed by atoms with van der Waals surface area (Å²) in [6.07, 6.45) is 4.89. The minimum Gasteiger partial charge on any atom is -0.459 e. The fourth-order valence-corrected chi connectivity index (χ4v) is 3.28. The summed E-state index contributed by atoms with van der Waals surface area (Å²) in [7, 11) is 0. The quantitative estimate of drug-likeness (QED) is 0.708. The molecule has 1 fully saturated rings. The first-order chi connectivity index (χ1) is 12.0. The van der Waals surface area contributed by atoms with Crippen LogP contribution in [0.4, 0.5) is 11.4 Å². The van der Waals surface area contributed by atoms with Gasteiger partial charge in [0, 0.05) is 18.2 Å². The highest BCUT2D eigenvalue weighted by Gasteiger charge is 2.26. The molecule has 8 heteroatoms. The van der Waals surface area contributed by atoms with E-state index in [1.165, 1.54) is 6.26 Å². The van der Waals surface area contributed by atoms with E-state index in [2.05, 4.69) is 10.6 Å². The number of carbonyl (C=O) groups excluding carboxylic acids is 2. The van der Waals surface area contributed by atoms with Crippen LogP contribution < -0.4 is 16.4 Å². The first kappa shape index (κ1) is 20.3. The largest absolute Gasteiger partial charge is 0.459 e. The standard InChI is InChI=1S/C18H20ClN3O3.ClH/c19-13-10-12(21-17(23)9-11-3-1-4-14(11)20)6-7-15(13)22-18(24)16-5-2-8-25-16;/h2,5-8,10-11,14H,1,3-4,9,20H2,(H,21,23)(H,22,24);1H/t11-,14+;/m0./s1. The van der Waals surface area contributed by atoms with E-state index in [1.54, 1.807) is 30.3 Å². The van der Waals surface area contributed by atoms with Gasteiger partial charge in [0.1, 0.15) is 0 Å². The molecule has 0 spiro atoms. The molecule has 2 amide bonds. The van der Waals surface area contributed by atoms with E-state index < -0.39 is 0 Å². The van der Waals surface area contributed by atoms with Crippen LogP contribution >= 0.6 is 24.0 Å². The van der Waals surface area contributed by atoms with Crippen LogP contribution in [-0.4, -0.2) is 17.9 Å². The molecule has 0 unspecified atom stereocenters. The Morgan fingerprint density at radius 1 is 1.23 bits per heavy atom. The van der Waals surface area contributed by atoms with Gasteiger partial charge in [-0.1, -0.05) is 18.0 Å². The summed E-state index contributed by atoms with van der Waals surface area (Å²) in [4.78, 5) is 24.1. The molecule has 2 atom stereocenters. The van der Waals surface area contributed by atoms with Crippen molar-refractivity contribution >= 4 is 47.2 Å². The molecule has 1 aromatic heterocycles. The van der Waals surface area contributed by atoms with Crippen LogP contribution in [0.15, 0.2) is 41.0 Å². The van der Waals surface area contributed by atoms with E-state index in [-0.39, 0.29) is 41.9 Å². The molecular weight excluding hydrogens is 377 g/mol. The molecule has 1 aliphatic carbocycles. The zero-order valence-electron chi connectivity index (χ0n) is 14.0. The van der Waals surface area contributed by atoms with Crippen molar-refractivity contribution in [2.75, 3.05) is 10.6 Å². The molecule has 0 radical (unpaired) electrons. The number of hydrogen-bond donors (Lipinski definition) is 3. The zero-order valence-corrected chi connectivity index (χ0v) is 15.6. The average molecular weight is 398 g/mol. The Bertz CT molecular complexity index is 765. The minimum absolute atomic E-state index is 0. The first-order valence-corrected chi connectivity index (χ1v) is 8.60. The van der Waals surface area contributed by atoms with Crippen LogP contribution in [0.2, 0.25) is 5.02 Å². The number of rotatable bonds is 5. The topological polar surface area (TPSA) is 97.4 Å². The Morgan fingerprint density at radius 2 is 2.04 bits per heavy atom. The molecule has 0 saturated heterocycles. The third-order valence-electron chi connectivity index (χ3n) is 4.41. The van der Waals surface area contributed by atoms with Crippen LogP contribution in [0, 0.1) is 5.92 Å². The highest BCUT2D eigenvalue weighted by atomic mass is 35.5. The Hall–Kier alpha value is -2.02. The normalized spacial score (nSPS) is 18.8. The van der Waals surface area contributed by atoms with Gasteiger partial charge in [-0.25, -0.2) is 0 Å². The van der Waals surface area contributed by atoms with Crippen LogP contribution in [0.5, 0.6) is 0 Å². The van der Waals surface area contributed by atoms with E-state index in [1.807, 2.05) is 0 Å². The van der Waals surface area contributed by atoms with Crippen molar-refractivity contribution in [3.8, 4) is 0 Å². The number of nitrogens with one attached hydrogen (secondary N) is 2. The van der Waals surface area contributed by atoms with Crippen LogP contribution in [0.25, 0.3) is 0 Å². The van der Waals surface area contributed by atoms with Crippen molar-refractivity contribution in [2.24, 2.45) is 11.7 Å². The van der Waals surface area contributed by atoms with Gasteiger partial charge < -0.3 is 20.8 Å². The Balaban J connectivity index is 0.00000243. The third-order valence-corrected chi connectivity index (χ3v) is 4.72. The van der Waals surface area contributed by atoms with Gasteiger partial charge in [0.05, 0.1) is 17.0 Å². The molecule has 1 aromatic carbocycles. The van der Waals surface area contributed by atoms with Gasteiger partial charge in [0.25, 0.3) is 5.91 Å². The summed E-state index contributed by atoms with van der Waals surface area (Å²) in [5, 5.41) is 5.82. The lowest BCUT2D eigenvalue weighted by Crippen LogP contribution is -2.28. The predicted octanol–water partition coefficient (Wildman–Crippen LogP) is 4.06. The monoisotopic (exact) mass is 397 g/mol. The van der Waals surface area contributed by atoms with Crippen molar-refractivity contribution < 1.29 is 14.0 Å². The summed E-state index contributed by atoms with van der Waals surface area (Å²) in [5.74, 6) is -0.0339. The summed E-state index contributed by atoms with van der Waals surface area (Å²) in [6.45, 7) is 0. The molecule has 1 saturated carbocycles. The van der Waals surface area contributed by atoms with Crippen molar-refractivity contribution in [2.45, 2.75) is 31.7 Å². The first-order valence-electron chi connectivity index (χ1n) is 8.23. The number of anilines is 2. The lowest BCUT2D eigenvalue weighted by Gasteiger charge is -2.15. The molecule has 140 valence electrons. The van der Waals surface area contributed by atoms with Crippen molar-refractivity contribution in [1.29, 1.82) is 0 Å². The molecule has 0 bridgehead atoms. The minimum atomic E-state index is -0.390. The molecule has 1 aliphatic rings. The smallest absolute Gasteiger partial charge is 0.291 e. The molecule has 2 aromatic rings. The summed E-state index contributed by atoms with van der Waals surface area (Å²) < 4.78 is 5.03. The van der Waals surface area contributed by atoms with Gasteiger partial charge in [0.2, 0.25) is 5.91 Å². The fourth-order valence-electron chi connectivity index (χ4n) is 3.06. The number of furan rings is 1. The molecule has 3 rings (SSSR count). The van der Waals surface area contributed by atoms with Gasteiger partial charge in [-0.3, -0.25) is 9.59 Å². The van der Waals surface area contributed by atoms with Gasteiger partial charge in [0.15, 0.2) is 5.76 Å². The zero-order chi connectivity index (χ0) is 17.8. The highest BCUT2D eigenvalue weighted by molar-refractivity contribution is 6.34. The second kappa shape index (κ2) is 9.07. The lowest BCUT2D eigenvalue weighted by atomic mass is 10.00. The third kappa shape index (κ3) is 5.00. The summed E-state index contributed by atoms with van der Waals surface area (Å²) in [6, 6.07) is 8.23. The predicted molar refractivity (Wildman–Crippen MR) is 104 cm³/mol. The van der Waals surface area contributed by atoms with Crippen molar-refractivity contribution in [3.63, 3.8) is 0 Å². The average Bonchev–Trinajstić information content (AvgIpc) is 3.22. The number of benzene rings is 1. The molecule has 26 heavy (non-hydrogen) atoms. The van der Waals surface area contributed by atoms with Gasteiger partial charge in [-0.2, -0.15) is 0 Å². The maximum absolute atomic E-state index is 12.2. The maximum Gasteiger partial charge on any atom is 0.291 e. The van der Waals surface area contributed by atoms with E-state index in [0.29, 0.717) is 22.8 Å². The second-order valence-corrected chi connectivity index (χ2v) is 6.64. The van der Waals surface area contributed by atoms with E-state index in [4.69, 9.17) is 21.8 Å². The molecule has 1 heterocycles.